The first kappa shape index (κ1) is 9.77. The molecule has 0 fully saturated rings. The van der Waals surface area contributed by atoms with Gasteiger partial charge >= 0.3 is 5.97 Å². The van der Waals surface area contributed by atoms with Gasteiger partial charge in [-0.25, -0.2) is 4.79 Å². The van der Waals surface area contributed by atoms with E-state index in [2.05, 4.69) is 16.9 Å². The predicted octanol–water partition coefficient (Wildman–Crippen LogP) is 0.534. The zero-order chi connectivity index (χ0) is 10.8. The first-order valence-corrected chi connectivity index (χ1v) is 4.84. The molecule has 1 aromatic carbocycles. The Morgan fingerprint density at radius 3 is 2.47 bits per heavy atom. The number of hydrogen-bond acceptors (Lipinski definition) is 3. The Morgan fingerprint density at radius 2 is 1.87 bits per heavy atom. The molecule has 2 rings (SSSR count). The van der Waals surface area contributed by atoms with Gasteiger partial charge in [0.05, 0.1) is 7.11 Å². The molecule has 3 nitrogen and oxygen atoms in total. The number of rotatable bonds is 1. The molecule has 15 heavy (non-hydrogen) atoms. The number of phenolic OH excluding ortho intramolecular Hbond substituents is 1. The van der Waals surface area contributed by atoms with E-state index < -0.39 is 5.97 Å². The number of carbonyl (C=O) groups excluding carboxylic acids is 1. The zero-order valence-corrected chi connectivity index (χ0v) is 8.49. The Morgan fingerprint density at radius 1 is 1.27 bits per heavy atom. The van der Waals surface area contributed by atoms with E-state index in [1.807, 2.05) is 0 Å². The predicted molar refractivity (Wildman–Crippen MR) is 56.9 cm³/mol. The monoisotopic (exact) mass is 204 g/mol. The standard InChI is InChI=1S/C12H12O3/c1-15-12(14)10-6-8-4-2-3-5-9(8)7-11(10)13/h4-7,13H,2-3H2,1H3. The molecule has 0 heterocycles. The Hall–Kier alpha value is -1.77. The van der Waals surface area contributed by atoms with E-state index in [0.29, 0.717) is 0 Å². The lowest BCUT2D eigenvalue weighted by Crippen LogP contribution is -2.27. The molecule has 1 aromatic rings. The van der Waals surface area contributed by atoms with Crippen LogP contribution < -0.4 is 10.4 Å². The molecule has 0 aromatic heterocycles. The van der Waals surface area contributed by atoms with Gasteiger partial charge in [0, 0.05) is 0 Å². The van der Waals surface area contributed by atoms with Crippen LogP contribution in [0.15, 0.2) is 12.1 Å². The van der Waals surface area contributed by atoms with Crippen LogP contribution in [0.5, 0.6) is 5.75 Å². The largest absolute Gasteiger partial charge is 0.507 e. The zero-order valence-electron chi connectivity index (χ0n) is 8.49. The van der Waals surface area contributed by atoms with E-state index >= 15 is 0 Å². The molecular formula is C12H12O3. The fraction of sp³-hybridized carbons (Fsp3) is 0.250. The average Bonchev–Trinajstić information content (AvgIpc) is 2.27. The molecule has 0 amide bonds. The second kappa shape index (κ2) is 3.77. The van der Waals surface area contributed by atoms with Crippen molar-refractivity contribution in [1.82, 2.24) is 0 Å². The smallest absolute Gasteiger partial charge is 0.341 e. The maximum atomic E-state index is 11.3. The molecule has 0 atom stereocenters. The summed E-state index contributed by atoms with van der Waals surface area (Å²) in [5.74, 6) is -0.526. The Labute approximate surface area is 87.3 Å². The van der Waals surface area contributed by atoms with Crippen LogP contribution >= 0.6 is 0 Å². The van der Waals surface area contributed by atoms with Crippen LogP contribution in [0.25, 0.3) is 12.2 Å². The molecular weight excluding hydrogens is 192 g/mol. The molecule has 0 radical (unpaired) electrons. The number of hydrogen-bond donors (Lipinski definition) is 1. The van der Waals surface area contributed by atoms with E-state index in [1.54, 1.807) is 12.1 Å². The van der Waals surface area contributed by atoms with Gasteiger partial charge in [-0.1, -0.05) is 12.2 Å². The van der Waals surface area contributed by atoms with E-state index in [-0.39, 0.29) is 11.3 Å². The van der Waals surface area contributed by atoms with E-state index in [1.165, 1.54) is 7.11 Å². The fourth-order valence-electron chi connectivity index (χ4n) is 1.73. The minimum atomic E-state index is -0.505. The maximum Gasteiger partial charge on any atom is 0.341 e. The van der Waals surface area contributed by atoms with Crippen LogP contribution in [-0.4, -0.2) is 18.2 Å². The van der Waals surface area contributed by atoms with Crippen molar-refractivity contribution in [3.05, 3.63) is 28.1 Å². The summed E-state index contributed by atoms with van der Waals surface area (Å²) < 4.78 is 4.59. The lowest BCUT2D eigenvalue weighted by molar-refractivity contribution is 0.0597. The molecule has 78 valence electrons. The minimum absolute atomic E-state index is 0.0212. The van der Waals surface area contributed by atoms with Gasteiger partial charge in [0.15, 0.2) is 0 Å². The van der Waals surface area contributed by atoms with Crippen LogP contribution in [0, 0.1) is 0 Å². The first-order chi connectivity index (χ1) is 7.22. The highest BCUT2D eigenvalue weighted by Gasteiger charge is 2.11. The van der Waals surface area contributed by atoms with Gasteiger partial charge < -0.3 is 9.84 Å². The van der Waals surface area contributed by atoms with Crippen molar-refractivity contribution >= 4 is 18.1 Å². The Kier molecular flexibility index (Phi) is 2.46. The highest BCUT2D eigenvalue weighted by Crippen LogP contribution is 2.13. The minimum Gasteiger partial charge on any atom is -0.507 e. The third-order valence-corrected chi connectivity index (χ3v) is 2.50. The molecule has 0 saturated carbocycles. The SMILES string of the molecule is COC(=O)c1cc2c(cc1O)=CCCC=2. The van der Waals surface area contributed by atoms with Crippen molar-refractivity contribution in [2.75, 3.05) is 7.11 Å². The van der Waals surface area contributed by atoms with E-state index in [9.17, 15) is 9.90 Å². The second-order valence-corrected chi connectivity index (χ2v) is 3.48. The highest BCUT2D eigenvalue weighted by atomic mass is 16.5. The molecule has 1 N–H and O–H groups in total. The normalized spacial score (nSPS) is 13.4. The van der Waals surface area contributed by atoms with Crippen LogP contribution in [0.1, 0.15) is 23.2 Å². The number of fused-ring (bicyclic) bond motifs is 1. The van der Waals surface area contributed by atoms with Crippen LogP contribution in [0.4, 0.5) is 0 Å². The van der Waals surface area contributed by atoms with Crippen molar-refractivity contribution in [2.24, 2.45) is 0 Å². The van der Waals surface area contributed by atoms with Gasteiger partial charge in [-0.15, -0.1) is 0 Å². The van der Waals surface area contributed by atoms with E-state index in [4.69, 9.17) is 0 Å². The lowest BCUT2D eigenvalue weighted by Gasteiger charge is -2.05. The number of carbonyl (C=O) groups is 1. The molecule has 0 saturated heterocycles. The molecule has 0 spiro atoms. The second-order valence-electron chi connectivity index (χ2n) is 3.48. The van der Waals surface area contributed by atoms with Gasteiger partial charge in [0.25, 0.3) is 0 Å². The summed E-state index contributed by atoms with van der Waals surface area (Å²) in [5, 5.41) is 11.6. The van der Waals surface area contributed by atoms with Gasteiger partial charge in [-0.3, -0.25) is 0 Å². The summed E-state index contributed by atoms with van der Waals surface area (Å²) in [4.78, 5) is 11.3. The third-order valence-electron chi connectivity index (χ3n) is 2.50. The fourth-order valence-corrected chi connectivity index (χ4v) is 1.73. The van der Waals surface area contributed by atoms with Crippen LogP contribution in [-0.2, 0) is 4.74 Å². The summed E-state index contributed by atoms with van der Waals surface area (Å²) >= 11 is 0. The maximum absolute atomic E-state index is 11.3. The van der Waals surface area contributed by atoms with Crippen molar-refractivity contribution in [1.29, 1.82) is 0 Å². The number of benzene rings is 1. The average molecular weight is 204 g/mol. The molecule has 1 aliphatic rings. The number of ether oxygens (including phenoxy) is 1. The molecule has 0 bridgehead atoms. The van der Waals surface area contributed by atoms with Gasteiger partial charge in [-0.05, 0) is 35.4 Å². The van der Waals surface area contributed by atoms with Crippen LogP contribution in [0.3, 0.4) is 0 Å². The molecule has 0 aliphatic heterocycles. The molecule has 3 heteroatoms. The summed E-state index contributed by atoms with van der Waals surface area (Å²) in [6.07, 6.45) is 6.06. The van der Waals surface area contributed by atoms with Gasteiger partial charge in [0.1, 0.15) is 11.3 Å². The van der Waals surface area contributed by atoms with Gasteiger partial charge in [0.2, 0.25) is 0 Å². The molecule has 0 unspecified atom stereocenters. The Bertz CT molecular complexity index is 514. The topological polar surface area (TPSA) is 46.5 Å². The van der Waals surface area contributed by atoms with Crippen LogP contribution in [0.2, 0.25) is 0 Å². The van der Waals surface area contributed by atoms with E-state index in [0.717, 1.165) is 23.3 Å². The summed E-state index contributed by atoms with van der Waals surface area (Å²) in [7, 11) is 1.30. The van der Waals surface area contributed by atoms with Gasteiger partial charge in [-0.2, -0.15) is 0 Å². The summed E-state index contributed by atoms with van der Waals surface area (Å²) in [6.45, 7) is 0. The molecule has 1 aliphatic carbocycles. The number of esters is 1. The van der Waals surface area contributed by atoms with Crippen molar-refractivity contribution in [3.63, 3.8) is 0 Å². The lowest BCUT2D eigenvalue weighted by atomic mass is 10.0. The van der Waals surface area contributed by atoms with Crippen molar-refractivity contribution in [3.8, 4) is 5.75 Å². The number of aromatic hydroxyl groups is 1. The highest BCUT2D eigenvalue weighted by molar-refractivity contribution is 5.92. The van der Waals surface area contributed by atoms with Crippen molar-refractivity contribution in [2.45, 2.75) is 12.8 Å². The quantitative estimate of drug-likeness (QED) is 0.679. The van der Waals surface area contributed by atoms with Crippen molar-refractivity contribution < 1.29 is 14.6 Å². The number of phenols is 1. The number of methoxy groups -OCH3 is 1. The summed E-state index contributed by atoms with van der Waals surface area (Å²) in [6, 6.07) is 3.28. The Balaban J connectivity index is 2.66. The third kappa shape index (κ3) is 1.73. The summed E-state index contributed by atoms with van der Waals surface area (Å²) in [5.41, 5.74) is 0.225. The first-order valence-electron chi connectivity index (χ1n) is 4.84.